The van der Waals surface area contributed by atoms with Gasteiger partial charge in [-0.2, -0.15) is 0 Å². The van der Waals surface area contributed by atoms with Gasteiger partial charge in [-0.1, -0.05) is 23.9 Å². The van der Waals surface area contributed by atoms with Crippen LogP contribution in [0, 0.1) is 5.92 Å². The van der Waals surface area contributed by atoms with Gasteiger partial charge in [0.05, 0.1) is 19.1 Å². The molecule has 2 amide bonds. The molecule has 1 aliphatic rings. The molecule has 3 aromatic rings. The van der Waals surface area contributed by atoms with E-state index in [9.17, 15) is 9.59 Å². The number of carbonyl (C=O) groups is 2. The van der Waals surface area contributed by atoms with E-state index in [1.165, 1.54) is 18.0 Å². The molecule has 35 heavy (non-hydrogen) atoms. The van der Waals surface area contributed by atoms with Gasteiger partial charge in [-0.15, -0.1) is 0 Å². The van der Waals surface area contributed by atoms with Crippen molar-refractivity contribution in [3.8, 4) is 5.75 Å². The van der Waals surface area contributed by atoms with Gasteiger partial charge >= 0.3 is 0 Å². The molecule has 1 aromatic carbocycles. The van der Waals surface area contributed by atoms with Crippen molar-refractivity contribution >= 4 is 23.6 Å². The molecule has 0 bridgehead atoms. The Kier molecular flexibility index (Phi) is 8.41. The first-order valence-corrected chi connectivity index (χ1v) is 12.6. The molecule has 1 atom stereocenters. The van der Waals surface area contributed by atoms with Crippen LogP contribution in [-0.2, 0) is 11.2 Å². The molecule has 4 rings (SSSR count). The first-order chi connectivity index (χ1) is 17.0. The van der Waals surface area contributed by atoms with Crippen molar-refractivity contribution in [2.24, 2.45) is 5.92 Å². The average molecular weight is 495 g/mol. The minimum absolute atomic E-state index is 0.0379. The molecule has 3 heterocycles. The van der Waals surface area contributed by atoms with Gasteiger partial charge < -0.3 is 19.0 Å². The van der Waals surface area contributed by atoms with Gasteiger partial charge in [-0.05, 0) is 61.1 Å². The molecule has 8 nitrogen and oxygen atoms in total. The fraction of sp³-hybridized carbons (Fsp3) is 0.385. The predicted molar refractivity (Wildman–Crippen MR) is 133 cm³/mol. The highest BCUT2D eigenvalue weighted by Gasteiger charge is 2.33. The number of methoxy groups -OCH3 is 1. The Morgan fingerprint density at radius 2 is 1.94 bits per heavy atom. The summed E-state index contributed by atoms with van der Waals surface area (Å²) in [6.45, 7) is 1.33. The van der Waals surface area contributed by atoms with Crippen LogP contribution >= 0.6 is 11.8 Å². The molecule has 0 aliphatic carbocycles. The van der Waals surface area contributed by atoms with Gasteiger partial charge in [0.2, 0.25) is 5.91 Å². The molecule has 0 saturated carbocycles. The molecule has 1 saturated heterocycles. The zero-order valence-electron chi connectivity index (χ0n) is 20.0. The normalized spacial score (nSPS) is 15.0. The predicted octanol–water partition coefficient (Wildman–Crippen LogP) is 3.79. The van der Waals surface area contributed by atoms with E-state index in [0.29, 0.717) is 36.2 Å². The zero-order chi connectivity index (χ0) is 24.6. The number of piperidine rings is 1. The Labute approximate surface area is 209 Å². The van der Waals surface area contributed by atoms with E-state index in [1.807, 2.05) is 30.1 Å². The van der Waals surface area contributed by atoms with Crippen molar-refractivity contribution in [3.05, 3.63) is 72.4 Å². The monoisotopic (exact) mass is 494 g/mol. The largest absolute Gasteiger partial charge is 0.497 e. The van der Waals surface area contributed by atoms with Crippen LogP contribution in [0.1, 0.15) is 29.0 Å². The third-order valence-corrected chi connectivity index (χ3v) is 7.29. The van der Waals surface area contributed by atoms with Crippen LogP contribution in [0.2, 0.25) is 0 Å². The standard InChI is InChI=1S/C26H30N4O4S/c1-29(25(32)23-8-4-15-34-23)22(17-19-6-3-7-21(16-19)33-2)20-9-13-30(14-10-20)24(31)18-35-26-27-11-5-12-28-26/h3-8,11-12,15-16,20,22H,9-10,13-14,17-18H2,1-2H3/t22-/m1/s1. The van der Waals surface area contributed by atoms with Crippen LogP contribution in [0.3, 0.4) is 0 Å². The fourth-order valence-electron chi connectivity index (χ4n) is 4.50. The molecule has 0 N–H and O–H groups in total. The highest BCUT2D eigenvalue weighted by atomic mass is 32.2. The Morgan fingerprint density at radius 1 is 1.17 bits per heavy atom. The summed E-state index contributed by atoms with van der Waals surface area (Å²) in [5.41, 5.74) is 1.10. The molecular formula is C26H30N4O4S. The quantitative estimate of drug-likeness (QED) is 0.330. The summed E-state index contributed by atoms with van der Waals surface area (Å²) in [4.78, 5) is 37.9. The van der Waals surface area contributed by atoms with Crippen molar-refractivity contribution in [1.82, 2.24) is 19.8 Å². The summed E-state index contributed by atoms with van der Waals surface area (Å²) in [6, 6.07) is 13.1. The maximum atomic E-state index is 13.1. The fourth-order valence-corrected chi connectivity index (χ4v) is 5.20. The van der Waals surface area contributed by atoms with Crippen molar-refractivity contribution in [2.75, 3.05) is 33.0 Å². The van der Waals surface area contributed by atoms with Crippen molar-refractivity contribution < 1.29 is 18.7 Å². The summed E-state index contributed by atoms with van der Waals surface area (Å²) in [5.74, 6) is 1.64. The number of amides is 2. The van der Waals surface area contributed by atoms with E-state index in [0.717, 1.165) is 24.2 Å². The average Bonchev–Trinajstić information content (AvgIpc) is 3.45. The first kappa shape index (κ1) is 24.8. The van der Waals surface area contributed by atoms with Crippen LogP contribution in [0.15, 0.2) is 70.7 Å². The van der Waals surface area contributed by atoms with Crippen LogP contribution in [0.25, 0.3) is 0 Å². The number of rotatable bonds is 9. The topological polar surface area (TPSA) is 88.8 Å². The lowest BCUT2D eigenvalue weighted by Gasteiger charge is -2.40. The number of hydrogen-bond donors (Lipinski definition) is 0. The molecule has 184 valence electrons. The molecule has 2 aromatic heterocycles. The van der Waals surface area contributed by atoms with Crippen LogP contribution in [-0.4, -0.2) is 70.6 Å². The smallest absolute Gasteiger partial charge is 0.289 e. The van der Waals surface area contributed by atoms with Gasteiger partial charge in [0.1, 0.15) is 5.75 Å². The van der Waals surface area contributed by atoms with Gasteiger partial charge in [0.25, 0.3) is 5.91 Å². The van der Waals surface area contributed by atoms with Crippen molar-refractivity contribution in [1.29, 1.82) is 0 Å². The highest BCUT2D eigenvalue weighted by Crippen LogP contribution is 2.29. The van der Waals surface area contributed by atoms with Gasteiger partial charge in [-0.25, -0.2) is 9.97 Å². The Hall–Kier alpha value is -3.33. The molecule has 1 fully saturated rings. The number of thioether (sulfide) groups is 1. The van der Waals surface area contributed by atoms with Crippen molar-refractivity contribution in [3.63, 3.8) is 0 Å². The number of hydrogen-bond acceptors (Lipinski definition) is 7. The minimum Gasteiger partial charge on any atom is -0.497 e. The van der Waals surface area contributed by atoms with E-state index < -0.39 is 0 Å². The van der Waals surface area contributed by atoms with E-state index >= 15 is 0 Å². The Balaban J connectivity index is 1.42. The minimum atomic E-state index is -0.138. The number of likely N-dealkylation sites (N-methyl/N-ethyl adjacent to an activating group) is 1. The number of likely N-dealkylation sites (tertiary alicyclic amines) is 1. The SMILES string of the molecule is COc1cccc(C[C@H](C2CCN(C(=O)CSc3ncccn3)CC2)N(C)C(=O)c2ccco2)c1. The summed E-state index contributed by atoms with van der Waals surface area (Å²) < 4.78 is 10.8. The van der Waals surface area contributed by atoms with E-state index in [4.69, 9.17) is 9.15 Å². The van der Waals surface area contributed by atoms with Crippen LogP contribution < -0.4 is 4.74 Å². The second-order valence-electron chi connectivity index (χ2n) is 8.55. The Bertz CT molecular complexity index is 1100. The summed E-state index contributed by atoms with van der Waals surface area (Å²) in [6.07, 6.45) is 7.20. The first-order valence-electron chi connectivity index (χ1n) is 11.7. The van der Waals surface area contributed by atoms with E-state index in [-0.39, 0.29) is 23.8 Å². The second kappa shape index (κ2) is 11.9. The summed E-state index contributed by atoms with van der Waals surface area (Å²) in [7, 11) is 3.49. The van der Waals surface area contributed by atoms with Crippen LogP contribution in [0.4, 0.5) is 0 Å². The van der Waals surface area contributed by atoms with Gasteiger partial charge in [0, 0.05) is 38.6 Å². The number of nitrogens with zero attached hydrogens (tertiary/aromatic N) is 4. The van der Waals surface area contributed by atoms with E-state index in [2.05, 4.69) is 16.0 Å². The molecule has 0 radical (unpaired) electrons. The summed E-state index contributed by atoms with van der Waals surface area (Å²) >= 11 is 1.35. The van der Waals surface area contributed by atoms with Gasteiger partial charge in [-0.3, -0.25) is 9.59 Å². The maximum absolute atomic E-state index is 13.1. The van der Waals surface area contributed by atoms with Gasteiger partial charge in [0.15, 0.2) is 10.9 Å². The third kappa shape index (κ3) is 6.42. The van der Waals surface area contributed by atoms with Crippen molar-refractivity contribution in [2.45, 2.75) is 30.5 Å². The van der Waals surface area contributed by atoms with E-state index in [1.54, 1.807) is 42.6 Å². The molecule has 0 spiro atoms. The number of furan rings is 1. The molecule has 0 unspecified atom stereocenters. The second-order valence-corrected chi connectivity index (χ2v) is 9.50. The lowest BCUT2D eigenvalue weighted by molar-refractivity contribution is -0.130. The number of ether oxygens (including phenoxy) is 1. The number of aromatic nitrogens is 2. The zero-order valence-corrected chi connectivity index (χ0v) is 20.8. The lowest BCUT2D eigenvalue weighted by atomic mass is 9.84. The molecule has 9 heteroatoms. The molecular weight excluding hydrogens is 464 g/mol. The highest BCUT2D eigenvalue weighted by molar-refractivity contribution is 7.99. The van der Waals surface area contributed by atoms with Crippen LogP contribution in [0.5, 0.6) is 5.75 Å². The number of carbonyl (C=O) groups excluding carboxylic acids is 2. The Morgan fingerprint density at radius 3 is 2.63 bits per heavy atom. The lowest BCUT2D eigenvalue weighted by Crippen LogP contribution is -2.48. The maximum Gasteiger partial charge on any atom is 0.289 e. The number of benzene rings is 1. The summed E-state index contributed by atoms with van der Waals surface area (Å²) in [5, 5.41) is 0.604. The molecule has 1 aliphatic heterocycles. The third-order valence-electron chi connectivity index (χ3n) is 6.43.